The molecule has 5 rings (SSSR count). The molecule has 256 valence electrons. The molecule has 0 radical (unpaired) electrons. The zero-order valence-electron chi connectivity index (χ0n) is 27.0. The molecule has 2 heterocycles. The van der Waals surface area contributed by atoms with Crippen LogP contribution in [0.1, 0.15) is 57.3 Å². The smallest absolute Gasteiger partial charge is 0.265 e. The molecule has 0 aromatic heterocycles. The second-order valence-corrected chi connectivity index (χ2v) is 11.4. The van der Waals surface area contributed by atoms with Gasteiger partial charge in [-0.05, 0) is 60.4 Å². The quantitative estimate of drug-likeness (QED) is 0.0862. The van der Waals surface area contributed by atoms with Gasteiger partial charge >= 0.3 is 0 Å². The molecule has 1 unspecified atom stereocenters. The number of amides is 6. The van der Waals surface area contributed by atoms with Gasteiger partial charge in [0.2, 0.25) is 17.7 Å². The zero-order chi connectivity index (χ0) is 34.8. The molecule has 3 aromatic rings. The number of nitrogens with zero attached hydrogens (tertiary/aromatic N) is 1. The van der Waals surface area contributed by atoms with Gasteiger partial charge in [-0.1, -0.05) is 37.3 Å². The highest BCUT2D eigenvalue weighted by Crippen LogP contribution is 2.32. The molecule has 0 aliphatic carbocycles. The summed E-state index contributed by atoms with van der Waals surface area (Å²) in [6, 6.07) is 18.4. The van der Waals surface area contributed by atoms with Crippen LogP contribution in [0.4, 0.5) is 11.4 Å². The minimum atomic E-state index is -1.03. The van der Waals surface area contributed by atoms with Crippen LogP contribution in [0.5, 0.6) is 0 Å². The fraction of sp³-hybridized carbons (Fsp3) is 0.314. The molecule has 1 fully saturated rings. The van der Waals surface area contributed by atoms with Crippen molar-refractivity contribution in [1.29, 1.82) is 0 Å². The second-order valence-electron chi connectivity index (χ2n) is 11.4. The highest BCUT2D eigenvalue weighted by Gasteiger charge is 2.45. The van der Waals surface area contributed by atoms with Gasteiger partial charge in [0.1, 0.15) is 12.6 Å². The lowest BCUT2D eigenvalue weighted by Gasteiger charge is -2.27. The maximum atomic E-state index is 13.2. The molecule has 2 aliphatic rings. The van der Waals surface area contributed by atoms with Crippen LogP contribution in [-0.4, -0.2) is 85.9 Å². The molecule has 6 amide bonds. The largest absolute Gasteiger partial charge is 0.382 e. The fourth-order valence-electron chi connectivity index (χ4n) is 5.40. The molecule has 0 bridgehead atoms. The van der Waals surface area contributed by atoms with Crippen LogP contribution in [0.25, 0.3) is 11.1 Å². The molecule has 1 saturated heterocycles. The summed E-state index contributed by atoms with van der Waals surface area (Å²) in [7, 11) is 0. The normalized spacial score (nSPS) is 15.5. The summed E-state index contributed by atoms with van der Waals surface area (Å²) >= 11 is 0. The first-order valence-corrected chi connectivity index (χ1v) is 16.0. The highest BCUT2D eigenvalue weighted by atomic mass is 16.5. The summed E-state index contributed by atoms with van der Waals surface area (Å²) in [6.45, 7) is 3.55. The number of piperidine rings is 1. The van der Waals surface area contributed by atoms with E-state index in [-0.39, 0.29) is 62.2 Å². The lowest BCUT2D eigenvalue weighted by atomic mass is 10.0. The standard InChI is InChI=1S/C35H38N6O8/c1-2-16-37-40-32(44)24-8-6-22(7-9-24)23-10-12-25(13-11-23)38-30(43)21-49-20-19-48-18-17-36-27-5-3-4-26-31(27)35(47)41(34(26)46)28-14-15-29(42)39-33(28)45/h3-13,28,36-37H,2,14-21H2,1H3,(H,38,43)(H,40,44)(H,39,42,45). The van der Waals surface area contributed by atoms with Crippen LogP contribution < -0.4 is 26.8 Å². The highest BCUT2D eigenvalue weighted by molar-refractivity contribution is 6.25. The summed E-state index contributed by atoms with van der Waals surface area (Å²) in [6.07, 6.45) is 1.04. The minimum Gasteiger partial charge on any atom is -0.382 e. The van der Waals surface area contributed by atoms with Crippen LogP contribution >= 0.6 is 0 Å². The third-order valence-corrected chi connectivity index (χ3v) is 7.86. The number of anilines is 2. The van der Waals surface area contributed by atoms with Crippen molar-refractivity contribution in [2.24, 2.45) is 0 Å². The third kappa shape index (κ3) is 8.73. The average Bonchev–Trinajstić information content (AvgIpc) is 3.35. The van der Waals surface area contributed by atoms with E-state index in [1.54, 1.807) is 36.4 Å². The van der Waals surface area contributed by atoms with Gasteiger partial charge in [-0.3, -0.25) is 44.4 Å². The third-order valence-electron chi connectivity index (χ3n) is 7.86. The van der Waals surface area contributed by atoms with Crippen molar-refractivity contribution in [2.75, 3.05) is 50.2 Å². The van der Waals surface area contributed by atoms with Crippen LogP contribution in [0.15, 0.2) is 66.7 Å². The molecule has 49 heavy (non-hydrogen) atoms. The molecular weight excluding hydrogens is 632 g/mol. The van der Waals surface area contributed by atoms with Gasteiger partial charge in [-0.2, -0.15) is 0 Å². The Labute approximate surface area is 282 Å². The Morgan fingerprint density at radius 2 is 1.57 bits per heavy atom. The Morgan fingerprint density at radius 1 is 0.857 bits per heavy atom. The van der Waals surface area contributed by atoms with Crippen molar-refractivity contribution >= 4 is 46.8 Å². The lowest BCUT2D eigenvalue weighted by molar-refractivity contribution is -0.136. The molecule has 14 heteroatoms. The molecule has 1 atom stereocenters. The monoisotopic (exact) mass is 670 g/mol. The van der Waals surface area contributed by atoms with E-state index in [0.717, 1.165) is 22.4 Å². The van der Waals surface area contributed by atoms with E-state index in [0.29, 0.717) is 30.0 Å². The molecule has 14 nitrogen and oxygen atoms in total. The van der Waals surface area contributed by atoms with Crippen LogP contribution in [0.3, 0.4) is 0 Å². The first-order chi connectivity index (χ1) is 23.8. The first-order valence-electron chi connectivity index (χ1n) is 16.0. The number of fused-ring (bicyclic) bond motifs is 1. The Kier molecular flexibility index (Phi) is 11.8. The maximum Gasteiger partial charge on any atom is 0.265 e. The Hall–Kier alpha value is -5.44. The number of nitrogens with one attached hydrogen (secondary N) is 5. The van der Waals surface area contributed by atoms with E-state index in [1.807, 2.05) is 31.2 Å². The van der Waals surface area contributed by atoms with Crippen molar-refractivity contribution in [3.8, 4) is 11.1 Å². The van der Waals surface area contributed by atoms with Crippen molar-refractivity contribution in [3.63, 3.8) is 0 Å². The molecule has 2 aliphatic heterocycles. The summed E-state index contributed by atoms with van der Waals surface area (Å²) in [4.78, 5) is 75.4. The molecular formula is C35H38N6O8. The van der Waals surface area contributed by atoms with E-state index in [4.69, 9.17) is 9.47 Å². The van der Waals surface area contributed by atoms with E-state index < -0.39 is 29.7 Å². The number of hydrogen-bond donors (Lipinski definition) is 5. The van der Waals surface area contributed by atoms with Gasteiger partial charge in [-0.25, -0.2) is 5.43 Å². The van der Waals surface area contributed by atoms with Crippen molar-refractivity contribution in [3.05, 3.63) is 83.4 Å². The SMILES string of the molecule is CCCNNC(=O)c1ccc(-c2ccc(NC(=O)COCCOCCNc3cccc4c3C(=O)N(C3CCC(=O)NC3=O)C4=O)cc2)cc1. The van der Waals surface area contributed by atoms with Gasteiger partial charge in [0.05, 0.1) is 30.9 Å². The minimum absolute atomic E-state index is 0.0487. The number of ether oxygens (including phenoxy) is 2. The number of hydrogen-bond acceptors (Lipinski definition) is 10. The number of imide groups is 2. The van der Waals surface area contributed by atoms with Gasteiger partial charge in [-0.15, -0.1) is 0 Å². The summed E-state index contributed by atoms with van der Waals surface area (Å²) < 4.78 is 11.0. The van der Waals surface area contributed by atoms with Gasteiger partial charge in [0, 0.05) is 36.4 Å². The number of hydrazine groups is 1. The fourth-order valence-corrected chi connectivity index (χ4v) is 5.40. The summed E-state index contributed by atoms with van der Waals surface area (Å²) in [5.74, 6) is -2.77. The molecule has 0 saturated carbocycles. The van der Waals surface area contributed by atoms with Crippen molar-refractivity contribution in [2.45, 2.75) is 32.2 Å². The number of carbonyl (C=O) groups excluding carboxylic acids is 6. The van der Waals surface area contributed by atoms with Gasteiger partial charge in [0.25, 0.3) is 17.7 Å². The van der Waals surface area contributed by atoms with Crippen LogP contribution in [0, 0.1) is 0 Å². The molecule has 0 spiro atoms. The topological polar surface area (TPSA) is 184 Å². The zero-order valence-corrected chi connectivity index (χ0v) is 27.0. The number of benzene rings is 3. The predicted molar refractivity (Wildman–Crippen MR) is 180 cm³/mol. The van der Waals surface area contributed by atoms with E-state index in [1.165, 1.54) is 6.07 Å². The Morgan fingerprint density at radius 3 is 2.29 bits per heavy atom. The lowest BCUT2D eigenvalue weighted by Crippen LogP contribution is -2.54. The van der Waals surface area contributed by atoms with E-state index in [2.05, 4.69) is 26.8 Å². The van der Waals surface area contributed by atoms with Crippen molar-refractivity contribution in [1.82, 2.24) is 21.1 Å². The number of carbonyl (C=O) groups is 6. The van der Waals surface area contributed by atoms with Gasteiger partial charge in [0.15, 0.2) is 0 Å². The number of rotatable bonds is 16. The summed E-state index contributed by atoms with van der Waals surface area (Å²) in [5.41, 5.74) is 9.36. The average molecular weight is 671 g/mol. The summed E-state index contributed by atoms with van der Waals surface area (Å²) in [5, 5.41) is 8.07. The Bertz CT molecular complexity index is 1710. The maximum absolute atomic E-state index is 13.2. The Balaban J connectivity index is 0.982. The van der Waals surface area contributed by atoms with Crippen LogP contribution in [-0.2, 0) is 23.9 Å². The second kappa shape index (κ2) is 16.6. The molecule has 5 N–H and O–H groups in total. The van der Waals surface area contributed by atoms with E-state index >= 15 is 0 Å². The van der Waals surface area contributed by atoms with E-state index in [9.17, 15) is 28.8 Å². The first kappa shape index (κ1) is 34.9. The van der Waals surface area contributed by atoms with Crippen LogP contribution in [0.2, 0.25) is 0 Å². The van der Waals surface area contributed by atoms with Gasteiger partial charge < -0.3 is 20.1 Å². The predicted octanol–water partition coefficient (Wildman–Crippen LogP) is 2.48. The van der Waals surface area contributed by atoms with Crippen molar-refractivity contribution < 1.29 is 38.2 Å². The molecule has 3 aromatic carbocycles.